The molecular formula is C19H19N5O3. The topological polar surface area (TPSA) is 83.3 Å². The molecule has 0 amide bonds. The van der Waals surface area contributed by atoms with Gasteiger partial charge in [-0.15, -0.1) is 0 Å². The summed E-state index contributed by atoms with van der Waals surface area (Å²) in [6, 6.07) is 13.4. The molecule has 0 bridgehead atoms. The predicted octanol–water partition coefficient (Wildman–Crippen LogP) is 2.75. The van der Waals surface area contributed by atoms with Gasteiger partial charge in [0.25, 0.3) is 0 Å². The second kappa shape index (κ2) is 6.99. The van der Waals surface area contributed by atoms with Crippen LogP contribution in [-0.2, 0) is 0 Å². The summed E-state index contributed by atoms with van der Waals surface area (Å²) in [5, 5.41) is 15.3. The molecule has 138 valence electrons. The molecule has 4 rings (SSSR count). The van der Waals surface area contributed by atoms with Gasteiger partial charge in [0.2, 0.25) is 5.95 Å². The Morgan fingerprint density at radius 3 is 2.41 bits per heavy atom. The number of aromatic nitrogens is 4. The largest absolute Gasteiger partial charge is 0.497 e. The second-order valence-corrected chi connectivity index (χ2v) is 5.94. The lowest BCUT2D eigenvalue weighted by Gasteiger charge is -2.24. The van der Waals surface area contributed by atoms with Gasteiger partial charge in [0.15, 0.2) is 11.5 Å². The summed E-state index contributed by atoms with van der Waals surface area (Å²) < 4.78 is 17.7. The lowest BCUT2D eigenvalue weighted by Crippen LogP contribution is -2.20. The zero-order valence-electron chi connectivity index (χ0n) is 15.2. The molecule has 0 radical (unpaired) electrons. The zero-order valence-corrected chi connectivity index (χ0v) is 15.2. The molecule has 1 aliphatic heterocycles. The van der Waals surface area contributed by atoms with Gasteiger partial charge >= 0.3 is 0 Å². The fourth-order valence-electron chi connectivity index (χ4n) is 3.07. The van der Waals surface area contributed by atoms with Crippen molar-refractivity contribution in [3.63, 3.8) is 0 Å². The fourth-order valence-corrected chi connectivity index (χ4v) is 3.07. The first-order chi connectivity index (χ1) is 13.2. The van der Waals surface area contributed by atoms with Gasteiger partial charge in [0.05, 0.1) is 21.3 Å². The Morgan fingerprint density at radius 2 is 1.70 bits per heavy atom. The third-order valence-electron chi connectivity index (χ3n) is 4.48. The number of methoxy groups -OCH3 is 3. The number of anilines is 1. The molecule has 0 spiro atoms. The van der Waals surface area contributed by atoms with E-state index in [1.54, 1.807) is 26.0 Å². The molecule has 3 aromatic rings. The first-order valence-corrected chi connectivity index (χ1v) is 8.36. The van der Waals surface area contributed by atoms with Crippen molar-refractivity contribution in [1.29, 1.82) is 0 Å². The first-order valence-electron chi connectivity index (χ1n) is 8.36. The van der Waals surface area contributed by atoms with E-state index >= 15 is 0 Å². The van der Waals surface area contributed by atoms with Crippen LogP contribution in [0.4, 0.5) is 5.95 Å². The van der Waals surface area contributed by atoms with E-state index in [9.17, 15) is 0 Å². The Balaban J connectivity index is 1.77. The van der Waals surface area contributed by atoms with Crippen LogP contribution in [0.1, 0.15) is 17.2 Å². The molecule has 1 N–H and O–H groups in total. The molecule has 2 heterocycles. The van der Waals surface area contributed by atoms with Gasteiger partial charge in [0, 0.05) is 5.70 Å². The van der Waals surface area contributed by atoms with Crippen molar-refractivity contribution in [2.24, 2.45) is 0 Å². The van der Waals surface area contributed by atoms with Crippen LogP contribution in [0.15, 0.2) is 48.5 Å². The van der Waals surface area contributed by atoms with Crippen molar-refractivity contribution >= 4 is 11.6 Å². The third-order valence-corrected chi connectivity index (χ3v) is 4.48. The number of fused-ring (bicyclic) bond motifs is 1. The van der Waals surface area contributed by atoms with Gasteiger partial charge in [0.1, 0.15) is 11.8 Å². The van der Waals surface area contributed by atoms with Gasteiger partial charge in [-0.05, 0) is 64.0 Å². The molecule has 2 aromatic carbocycles. The Bertz CT molecular complexity index is 981. The van der Waals surface area contributed by atoms with Gasteiger partial charge in [-0.25, -0.2) is 0 Å². The lowest BCUT2D eigenvalue weighted by atomic mass is 10.0. The van der Waals surface area contributed by atoms with Crippen LogP contribution in [0, 0.1) is 0 Å². The van der Waals surface area contributed by atoms with Crippen LogP contribution in [0.25, 0.3) is 5.70 Å². The Morgan fingerprint density at radius 1 is 0.926 bits per heavy atom. The lowest BCUT2D eigenvalue weighted by molar-refractivity contribution is 0.354. The minimum atomic E-state index is -0.187. The monoisotopic (exact) mass is 365 g/mol. The molecule has 0 saturated heterocycles. The Hall–Kier alpha value is -3.55. The molecule has 1 aromatic heterocycles. The quantitative estimate of drug-likeness (QED) is 0.744. The van der Waals surface area contributed by atoms with Crippen molar-refractivity contribution in [2.75, 3.05) is 26.6 Å². The van der Waals surface area contributed by atoms with E-state index in [0.29, 0.717) is 17.4 Å². The first kappa shape index (κ1) is 16.9. The minimum Gasteiger partial charge on any atom is -0.497 e. The number of allylic oxidation sites excluding steroid dienone is 1. The summed E-state index contributed by atoms with van der Waals surface area (Å²) in [4.78, 5) is 0. The van der Waals surface area contributed by atoms with E-state index in [4.69, 9.17) is 14.2 Å². The summed E-state index contributed by atoms with van der Waals surface area (Å²) >= 11 is 0. The van der Waals surface area contributed by atoms with Gasteiger partial charge in [-0.2, -0.15) is 4.68 Å². The van der Waals surface area contributed by atoms with E-state index in [1.807, 2.05) is 42.5 Å². The van der Waals surface area contributed by atoms with Crippen molar-refractivity contribution in [2.45, 2.75) is 6.04 Å². The number of benzene rings is 2. The van der Waals surface area contributed by atoms with Crippen LogP contribution >= 0.6 is 0 Å². The van der Waals surface area contributed by atoms with Gasteiger partial charge in [-0.3, -0.25) is 0 Å². The highest BCUT2D eigenvalue weighted by atomic mass is 16.5. The van der Waals surface area contributed by atoms with Crippen molar-refractivity contribution in [3.8, 4) is 17.2 Å². The average Bonchev–Trinajstić information content (AvgIpc) is 3.21. The maximum absolute atomic E-state index is 5.44. The van der Waals surface area contributed by atoms with Crippen LogP contribution in [0.5, 0.6) is 17.2 Å². The molecule has 8 nitrogen and oxygen atoms in total. The minimum absolute atomic E-state index is 0.187. The van der Waals surface area contributed by atoms with Gasteiger partial charge in [-0.1, -0.05) is 11.2 Å². The van der Waals surface area contributed by atoms with Crippen LogP contribution in [0.2, 0.25) is 0 Å². The maximum atomic E-state index is 5.44. The maximum Gasteiger partial charge on any atom is 0.248 e. The predicted molar refractivity (Wildman–Crippen MR) is 100 cm³/mol. The normalized spacial score (nSPS) is 15.4. The number of hydrogen-bond acceptors (Lipinski definition) is 7. The highest BCUT2D eigenvalue weighted by molar-refractivity contribution is 5.77. The number of tetrazole rings is 1. The highest BCUT2D eigenvalue weighted by Gasteiger charge is 2.25. The molecule has 0 saturated carbocycles. The average molecular weight is 365 g/mol. The number of hydrogen-bond donors (Lipinski definition) is 1. The zero-order chi connectivity index (χ0) is 18.8. The molecule has 0 aliphatic carbocycles. The second-order valence-electron chi connectivity index (χ2n) is 5.94. The Labute approximate surface area is 156 Å². The number of nitrogens with zero attached hydrogens (tertiary/aromatic N) is 4. The number of ether oxygens (including phenoxy) is 3. The standard InChI is InChI=1S/C19H19N5O3/c1-25-14-7-4-12(5-8-14)15-11-16(24-19(20-15)21-22-23-24)13-6-9-17(26-2)18(10-13)27-3/h4-11,16H,1-3H3,(H,20,21,23)/t16-/m1/s1. The van der Waals surface area contributed by atoms with Crippen molar-refractivity contribution in [3.05, 3.63) is 59.7 Å². The summed E-state index contributed by atoms with van der Waals surface area (Å²) in [6.45, 7) is 0. The molecule has 0 unspecified atom stereocenters. The molecule has 1 aliphatic rings. The summed E-state index contributed by atoms with van der Waals surface area (Å²) in [5.41, 5.74) is 2.91. The summed E-state index contributed by atoms with van der Waals surface area (Å²) in [6.07, 6.45) is 2.08. The van der Waals surface area contributed by atoms with E-state index in [0.717, 1.165) is 22.6 Å². The van der Waals surface area contributed by atoms with Crippen molar-refractivity contribution < 1.29 is 14.2 Å². The van der Waals surface area contributed by atoms with E-state index in [2.05, 4.69) is 26.9 Å². The van der Waals surface area contributed by atoms with Crippen molar-refractivity contribution in [1.82, 2.24) is 20.2 Å². The van der Waals surface area contributed by atoms with E-state index in [1.165, 1.54) is 0 Å². The van der Waals surface area contributed by atoms with Crippen LogP contribution in [0.3, 0.4) is 0 Å². The van der Waals surface area contributed by atoms with E-state index in [-0.39, 0.29) is 6.04 Å². The number of rotatable bonds is 5. The summed E-state index contributed by atoms with van der Waals surface area (Å²) in [7, 11) is 4.88. The summed E-state index contributed by atoms with van der Waals surface area (Å²) in [5.74, 6) is 2.70. The molecule has 0 fully saturated rings. The fraction of sp³-hybridized carbons (Fsp3) is 0.211. The van der Waals surface area contributed by atoms with Gasteiger partial charge < -0.3 is 19.5 Å². The van der Waals surface area contributed by atoms with E-state index < -0.39 is 0 Å². The molecule has 8 heteroatoms. The highest BCUT2D eigenvalue weighted by Crippen LogP contribution is 2.36. The smallest absolute Gasteiger partial charge is 0.248 e. The number of nitrogens with one attached hydrogen (secondary N) is 1. The Kier molecular flexibility index (Phi) is 4.37. The molecule has 27 heavy (non-hydrogen) atoms. The SMILES string of the molecule is COc1ccc(C2=C[C@H](c3ccc(OC)c(OC)c3)n3nnnc3N2)cc1. The van der Waals surface area contributed by atoms with Crippen LogP contribution in [-0.4, -0.2) is 41.5 Å². The molecular weight excluding hydrogens is 346 g/mol. The van der Waals surface area contributed by atoms with Crippen LogP contribution < -0.4 is 19.5 Å². The molecule has 1 atom stereocenters. The third kappa shape index (κ3) is 3.05.